The van der Waals surface area contributed by atoms with Gasteiger partial charge in [-0.05, 0) is 23.6 Å². The third-order valence-corrected chi connectivity index (χ3v) is 4.62. The molecule has 1 atom stereocenters. The minimum atomic E-state index is 0.238. The number of thioether (sulfide) groups is 1. The SMILES string of the molecule is COc1cccc(CN2C(=O)CSC2C(C)C)c1. The quantitative estimate of drug-likeness (QED) is 0.838. The van der Waals surface area contributed by atoms with Crippen LogP contribution < -0.4 is 4.74 Å². The van der Waals surface area contributed by atoms with Gasteiger partial charge in [0.25, 0.3) is 0 Å². The molecule has 18 heavy (non-hydrogen) atoms. The molecule has 0 bridgehead atoms. The highest BCUT2D eigenvalue weighted by atomic mass is 32.2. The van der Waals surface area contributed by atoms with Gasteiger partial charge in [-0.25, -0.2) is 0 Å². The summed E-state index contributed by atoms with van der Waals surface area (Å²) < 4.78 is 5.21. The van der Waals surface area contributed by atoms with E-state index in [9.17, 15) is 4.79 Å². The normalized spacial score (nSPS) is 19.7. The number of ether oxygens (including phenoxy) is 1. The summed E-state index contributed by atoms with van der Waals surface area (Å²) in [6.45, 7) is 5.00. The van der Waals surface area contributed by atoms with E-state index >= 15 is 0 Å². The Hall–Kier alpha value is -1.16. The predicted molar refractivity (Wildman–Crippen MR) is 74.6 cm³/mol. The van der Waals surface area contributed by atoms with Crippen molar-refractivity contribution in [1.29, 1.82) is 0 Å². The molecule has 1 heterocycles. The Balaban J connectivity index is 2.13. The molecule has 98 valence electrons. The lowest BCUT2D eigenvalue weighted by Gasteiger charge is -2.26. The zero-order valence-corrected chi connectivity index (χ0v) is 11.9. The monoisotopic (exact) mass is 265 g/mol. The number of methoxy groups -OCH3 is 1. The van der Waals surface area contributed by atoms with E-state index in [0.717, 1.165) is 11.3 Å². The van der Waals surface area contributed by atoms with Crippen molar-refractivity contribution < 1.29 is 9.53 Å². The fourth-order valence-electron chi connectivity index (χ4n) is 2.17. The minimum Gasteiger partial charge on any atom is -0.497 e. The minimum absolute atomic E-state index is 0.238. The van der Waals surface area contributed by atoms with Crippen LogP contribution in [-0.4, -0.2) is 29.0 Å². The molecule has 1 amide bonds. The molecule has 1 aliphatic rings. The van der Waals surface area contributed by atoms with Crippen LogP contribution in [0, 0.1) is 5.92 Å². The molecule has 0 aromatic heterocycles. The maximum Gasteiger partial charge on any atom is 0.233 e. The van der Waals surface area contributed by atoms with E-state index in [2.05, 4.69) is 13.8 Å². The molecular formula is C14H19NO2S. The number of nitrogens with zero attached hydrogens (tertiary/aromatic N) is 1. The van der Waals surface area contributed by atoms with Gasteiger partial charge in [0.05, 0.1) is 18.2 Å². The number of amides is 1. The zero-order valence-electron chi connectivity index (χ0n) is 11.1. The Morgan fingerprint density at radius 3 is 2.94 bits per heavy atom. The first kappa shape index (κ1) is 13.3. The number of benzene rings is 1. The van der Waals surface area contributed by atoms with Crippen molar-refractivity contribution >= 4 is 17.7 Å². The van der Waals surface area contributed by atoms with Crippen LogP contribution in [0.15, 0.2) is 24.3 Å². The van der Waals surface area contributed by atoms with Crippen LogP contribution in [-0.2, 0) is 11.3 Å². The lowest BCUT2D eigenvalue weighted by molar-refractivity contribution is -0.129. The summed E-state index contributed by atoms with van der Waals surface area (Å²) in [7, 11) is 1.66. The topological polar surface area (TPSA) is 29.5 Å². The van der Waals surface area contributed by atoms with Gasteiger partial charge in [0.2, 0.25) is 5.91 Å². The Morgan fingerprint density at radius 2 is 2.28 bits per heavy atom. The summed E-state index contributed by atoms with van der Waals surface area (Å²) in [5.41, 5.74) is 1.12. The lowest BCUT2D eigenvalue weighted by atomic mass is 10.1. The molecule has 1 aliphatic heterocycles. The van der Waals surface area contributed by atoms with Gasteiger partial charge < -0.3 is 9.64 Å². The van der Waals surface area contributed by atoms with E-state index in [4.69, 9.17) is 4.74 Å². The van der Waals surface area contributed by atoms with E-state index in [1.54, 1.807) is 18.9 Å². The van der Waals surface area contributed by atoms with Gasteiger partial charge in [0.15, 0.2) is 0 Å². The molecule has 0 aliphatic carbocycles. The van der Waals surface area contributed by atoms with Crippen molar-refractivity contribution in [3.63, 3.8) is 0 Å². The summed E-state index contributed by atoms with van der Waals surface area (Å²) >= 11 is 1.74. The molecule has 1 saturated heterocycles. The zero-order chi connectivity index (χ0) is 13.1. The second-order valence-corrected chi connectivity index (χ2v) is 5.92. The summed E-state index contributed by atoms with van der Waals surface area (Å²) in [4.78, 5) is 13.9. The van der Waals surface area contributed by atoms with E-state index < -0.39 is 0 Å². The van der Waals surface area contributed by atoms with E-state index in [1.807, 2.05) is 29.2 Å². The highest BCUT2D eigenvalue weighted by Crippen LogP contribution is 2.32. The predicted octanol–water partition coefficient (Wildman–Crippen LogP) is 2.75. The molecule has 3 nitrogen and oxygen atoms in total. The molecule has 0 saturated carbocycles. The second-order valence-electron chi connectivity index (χ2n) is 4.82. The first-order valence-electron chi connectivity index (χ1n) is 6.16. The van der Waals surface area contributed by atoms with Crippen LogP contribution in [0.1, 0.15) is 19.4 Å². The standard InChI is InChI=1S/C14H19NO2S/c1-10(2)14-15(13(16)9-18-14)8-11-5-4-6-12(7-11)17-3/h4-7,10,14H,8-9H2,1-3H3. The average molecular weight is 265 g/mol. The second kappa shape index (κ2) is 5.65. The third kappa shape index (κ3) is 2.80. The first-order valence-corrected chi connectivity index (χ1v) is 7.20. The van der Waals surface area contributed by atoms with Gasteiger partial charge in [0.1, 0.15) is 5.75 Å². The van der Waals surface area contributed by atoms with Crippen LogP contribution in [0.25, 0.3) is 0 Å². The number of carbonyl (C=O) groups is 1. The van der Waals surface area contributed by atoms with Gasteiger partial charge in [0, 0.05) is 6.54 Å². The molecule has 0 radical (unpaired) electrons. The Labute approximate surface area is 113 Å². The van der Waals surface area contributed by atoms with Crippen LogP contribution in [0.5, 0.6) is 5.75 Å². The molecule has 4 heteroatoms. The van der Waals surface area contributed by atoms with E-state index in [-0.39, 0.29) is 5.91 Å². The summed E-state index contributed by atoms with van der Waals surface area (Å²) in [5, 5.41) is 0.295. The lowest BCUT2D eigenvalue weighted by Crippen LogP contribution is -2.35. The van der Waals surface area contributed by atoms with Crippen molar-refractivity contribution in [3.8, 4) is 5.75 Å². The van der Waals surface area contributed by atoms with Gasteiger partial charge in [-0.15, -0.1) is 11.8 Å². The fourth-order valence-corrected chi connectivity index (χ4v) is 3.41. The van der Waals surface area contributed by atoms with Crippen LogP contribution in [0.2, 0.25) is 0 Å². The molecule has 1 aromatic carbocycles. The third-order valence-electron chi connectivity index (χ3n) is 3.06. The fraction of sp³-hybridized carbons (Fsp3) is 0.500. The number of hydrogen-bond acceptors (Lipinski definition) is 3. The largest absolute Gasteiger partial charge is 0.497 e. The smallest absolute Gasteiger partial charge is 0.233 e. The molecule has 1 aromatic rings. The number of carbonyl (C=O) groups excluding carboxylic acids is 1. The Bertz CT molecular complexity index is 434. The summed E-state index contributed by atoms with van der Waals surface area (Å²) in [5.74, 6) is 2.16. The number of hydrogen-bond donors (Lipinski definition) is 0. The van der Waals surface area contributed by atoms with Crippen LogP contribution in [0.4, 0.5) is 0 Å². The molecule has 0 spiro atoms. The van der Waals surface area contributed by atoms with Crippen molar-refractivity contribution in [2.75, 3.05) is 12.9 Å². The Morgan fingerprint density at radius 1 is 1.50 bits per heavy atom. The summed E-state index contributed by atoms with van der Waals surface area (Å²) in [6.07, 6.45) is 0. The first-order chi connectivity index (χ1) is 8.61. The van der Waals surface area contributed by atoms with Crippen LogP contribution in [0.3, 0.4) is 0 Å². The molecule has 1 unspecified atom stereocenters. The maximum atomic E-state index is 11.9. The van der Waals surface area contributed by atoms with E-state index in [0.29, 0.717) is 23.6 Å². The Kier molecular flexibility index (Phi) is 4.17. The van der Waals surface area contributed by atoms with Gasteiger partial charge in [-0.3, -0.25) is 4.79 Å². The molecule has 0 N–H and O–H groups in total. The van der Waals surface area contributed by atoms with Crippen molar-refractivity contribution in [2.45, 2.75) is 25.8 Å². The highest BCUT2D eigenvalue weighted by molar-refractivity contribution is 8.01. The maximum absolute atomic E-state index is 11.9. The molecular weight excluding hydrogens is 246 g/mol. The number of rotatable bonds is 4. The highest BCUT2D eigenvalue weighted by Gasteiger charge is 2.33. The summed E-state index contributed by atoms with van der Waals surface area (Å²) in [6, 6.07) is 7.92. The van der Waals surface area contributed by atoms with E-state index in [1.165, 1.54) is 0 Å². The molecule has 2 rings (SSSR count). The van der Waals surface area contributed by atoms with Gasteiger partial charge >= 0.3 is 0 Å². The molecule has 1 fully saturated rings. The van der Waals surface area contributed by atoms with Crippen molar-refractivity contribution in [3.05, 3.63) is 29.8 Å². The van der Waals surface area contributed by atoms with Gasteiger partial charge in [-0.1, -0.05) is 26.0 Å². The van der Waals surface area contributed by atoms with Crippen LogP contribution >= 0.6 is 11.8 Å². The van der Waals surface area contributed by atoms with Crippen molar-refractivity contribution in [2.24, 2.45) is 5.92 Å². The van der Waals surface area contributed by atoms with Gasteiger partial charge in [-0.2, -0.15) is 0 Å². The average Bonchev–Trinajstić information content (AvgIpc) is 2.71. The van der Waals surface area contributed by atoms with Crippen molar-refractivity contribution in [1.82, 2.24) is 4.90 Å².